The van der Waals surface area contributed by atoms with Crippen molar-refractivity contribution in [1.82, 2.24) is 9.80 Å². The van der Waals surface area contributed by atoms with Crippen molar-refractivity contribution in [3.8, 4) is 0 Å². The van der Waals surface area contributed by atoms with Gasteiger partial charge >= 0.3 is 0 Å². The zero-order valence-corrected chi connectivity index (χ0v) is 15.2. The van der Waals surface area contributed by atoms with E-state index in [0.717, 1.165) is 25.8 Å². The molecule has 2 saturated heterocycles. The molecule has 5 nitrogen and oxygen atoms in total. The van der Waals surface area contributed by atoms with Crippen molar-refractivity contribution in [3.05, 3.63) is 21.3 Å². The number of halogens is 1. The Kier molecular flexibility index (Phi) is 5.47. The van der Waals surface area contributed by atoms with Crippen molar-refractivity contribution in [2.45, 2.75) is 32.1 Å². The van der Waals surface area contributed by atoms with Crippen LogP contribution < -0.4 is 0 Å². The second-order valence-corrected chi connectivity index (χ2v) is 8.54. The van der Waals surface area contributed by atoms with Gasteiger partial charge in [0.2, 0.25) is 5.91 Å². The highest BCUT2D eigenvalue weighted by Crippen LogP contribution is 2.39. The maximum atomic E-state index is 12.7. The summed E-state index contributed by atoms with van der Waals surface area (Å²) in [4.78, 5) is 29.3. The number of carbonyl (C=O) groups excluding carboxylic acids is 2. The number of rotatable bonds is 4. The van der Waals surface area contributed by atoms with Gasteiger partial charge in [0.1, 0.15) is 0 Å². The van der Waals surface area contributed by atoms with Gasteiger partial charge in [-0.2, -0.15) is 0 Å². The zero-order chi connectivity index (χ0) is 17.2. The standard InChI is InChI=1S/C17H23ClN2O3S/c18-14-4-3-13(24-14)16(23)20-8-1-6-17(12-20)7-5-15(22)19(11-17)9-2-10-21/h3-4,21H,1-2,5-12H2/t17-/m0/s1. The van der Waals surface area contributed by atoms with Gasteiger partial charge in [0.05, 0.1) is 9.21 Å². The molecule has 3 rings (SSSR count). The molecule has 1 atom stereocenters. The largest absolute Gasteiger partial charge is 0.396 e. The summed E-state index contributed by atoms with van der Waals surface area (Å²) >= 11 is 7.27. The third-order valence-electron chi connectivity index (χ3n) is 5.07. The van der Waals surface area contributed by atoms with Crippen molar-refractivity contribution in [1.29, 1.82) is 0 Å². The Labute approximate surface area is 151 Å². The fourth-order valence-corrected chi connectivity index (χ4v) is 4.88. The molecule has 1 spiro atoms. The first-order valence-electron chi connectivity index (χ1n) is 8.46. The molecule has 1 aromatic rings. The summed E-state index contributed by atoms with van der Waals surface area (Å²) in [6.45, 7) is 2.86. The summed E-state index contributed by atoms with van der Waals surface area (Å²) < 4.78 is 0.628. The van der Waals surface area contributed by atoms with Crippen LogP contribution in [0, 0.1) is 5.41 Å². The minimum atomic E-state index is -0.00166. The topological polar surface area (TPSA) is 60.9 Å². The van der Waals surface area contributed by atoms with Gasteiger partial charge in [0.25, 0.3) is 5.91 Å². The second kappa shape index (κ2) is 7.42. The smallest absolute Gasteiger partial charge is 0.263 e. The third kappa shape index (κ3) is 3.76. The lowest BCUT2D eigenvalue weighted by Crippen LogP contribution is -2.55. The van der Waals surface area contributed by atoms with E-state index in [1.165, 1.54) is 11.3 Å². The molecule has 3 heterocycles. The predicted molar refractivity (Wildman–Crippen MR) is 94.4 cm³/mol. The number of piperidine rings is 2. The van der Waals surface area contributed by atoms with Crippen LogP contribution in [0.25, 0.3) is 0 Å². The number of carbonyl (C=O) groups is 2. The Balaban J connectivity index is 1.69. The van der Waals surface area contributed by atoms with Crippen molar-refractivity contribution in [3.63, 3.8) is 0 Å². The molecule has 0 saturated carbocycles. The van der Waals surface area contributed by atoms with E-state index in [1.54, 1.807) is 12.1 Å². The van der Waals surface area contributed by atoms with Crippen LogP contribution in [0.15, 0.2) is 12.1 Å². The van der Waals surface area contributed by atoms with Gasteiger partial charge in [-0.1, -0.05) is 11.6 Å². The van der Waals surface area contributed by atoms with E-state index in [0.29, 0.717) is 41.7 Å². The minimum absolute atomic E-state index is 0.00166. The molecule has 132 valence electrons. The third-order valence-corrected chi connectivity index (χ3v) is 6.29. The first kappa shape index (κ1) is 17.7. The molecule has 0 bridgehead atoms. The van der Waals surface area contributed by atoms with E-state index >= 15 is 0 Å². The number of nitrogens with zero attached hydrogens (tertiary/aromatic N) is 2. The van der Waals surface area contributed by atoms with Gasteiger partial charge in [0.15, 0.2) is 0 Å². The molecule has 24 heavy (non-hydrogen) atoms. The molecular formula is C17H23ClN2O3S. The fourth-order valence-electron chi connectivity index (χ4n) is 3.87. The van der Waals surface area contributed by atoms with Crippen LogP contribution >= 0.6 is 22.9 Å². The highest BCUT2D eigenvalue weighted by Gasteiger charge is 2.42. The Bertz CT molecular complexity index is 621. The van der Waals surface area contributed by atoms with E-state index in [-0.39, 0.29) is 23.8 Å². The predicted octanol–water partition coefficient (Wildman–Crippen LogP) is 2.63. The van der Waals surface area contributed by atoms with E-state index in [9.17, 15) is 9.59 Å². The maximum Gasteiger partial charge on any atom is 0.263 e. The monoisotopic (exact) mass is 370 g/mol. The highest BCUT2D eigenvalue weighted by molar-refractivity contribution is 7.17. The van der Waals surface area contributed by atoms with Crippen LogP contribution in [0.1, 0.15) is 41.8 Å². The molecule has 2 aliphatic rings. The van der Waals surface area contributed by atoms with E-state index < -0.39 is 0 Å². The number of amides is 2. The lowest BCUT2D eigenvalue weighted by Gasteiger charge is -2.48. The molecule has 0 aromatic carbocycles. The van der Waals surface area contributed by atoms with Gasteiger partial charge in [-0.3, -0.25) is 9.59 Å². The van der Waals surface area contributed by atoms with E-state index in [4.69, 9.17) is 16.7 Å². The first-order valence-corrected chi connectivity index (χ1v) is 9.66. The summed E-state index contributed by atoms with van der Waals surface area (Å²) in [5.74, 6) is 0.215. The summed E-state index contributed by atoms with van der Waals surface area (Å²) in [5.41, 5.74) is -0.00166. The van der Waals surface area contributed by atoms with Gasteiger partial charge < -0.3 is 14.9 Å². The number of aliphatic hydroxyl groups is 1. The summed E-state index contributed by atoms with van der Waals surface area (Å²) in [7, 11) is 0. The summed E-state index contributed by atoms with van der Waals surface area (Å²) in [6.07, 6.45) is 4.00. The molecule has 2 amide bonds. The lowest BCUT2D eigenvalue weighted by molar-refractivity contribution is -0.139. The molecular weight excluding hydrogens is 348 g/mol. The van der Waals surface area contributed by atoms with Gasteiger partial charge in [-0.15, -0.1) is 11.3 Å². The lowest BCUT2D eigenvalue weighted by atomic mass is 9.73. The Morgan fingerprint density at radius 2 is 2.17 bits per heavy atom. The van der Waals surface area contributed by atoms with Crippen LogP contribution in [-0.2, 0) is 4.79 Å². The molecule has 7 heteroatoms. The van der Waals surface area contributed by atoms with Gasteiger partial charge in [-0.25, -0.2) is 0 Å². The number of thiophene rings is 1. The number of hydrogen-bond acceptors (Lipinski definition) is 4. The second-order valence-electron chi connectivity index (χ2n) is 6.83. The molecule has 0 aliphatic carbocycles. The average Bonchev–Trinajstić information content (AvgIpc) is 3.02. The Morgan fingerprint density at radius 1 is 1.33 bits per heavy atom. The fraction of sp³-hybridized carbons (Fsp3) is 0.647. The molecule has 2 fully saturated rings. The first-order chi connectivity index (χ1) is 11.5. The van der Waals surface area contributed by atoms with Crippen LogP contribution in [-0.4, -0.2) is 59.5 Å². The molecule has 0 radical (unpaired) electrons. The molecule has 0 unspecified atom stereocenters. The zero-order valence-electron chi connectivity index (χ0n) is 13.7. The van der Waals surface area contributed by atoms with Crippen LogP contribution in [0.4, 0.5) is 0 Å². The van der Waals surface area contributed by atoms with E-state index in [2.05, 4.69) is 0 Å². The maximum absolute atomic E-state index is 12.7. The van der Waals surface area contributed by atoms with Crippen molar-refractivity contribution >= 4 is 34.8 Å². The normalized spacial score (nSPS) is 24.7. The summed E-state index contributed by atoms with van der Waals surface area (Å²) in [5, 5.41) is 9.03. The number of likely N-dealkylation sites (tertiary alicyclic amines) is 2. The number of hydrogen-bond donors (Lipinski definition) is 1. The van der Waals surface area contributed by atoms with Crippen molar-refractivity contribution in [2.75, 3.05) is 32.8 Å². The number of aliphatic hydroxyl groups excluding tert-OH is 1. The van der Waals surface area contributed by atoms with Gasteiger partial charge in [-0.05, 0) is 37.8 Å². The van der Waals surface area contributed by atoms with Crippen LogP contribution in [0.3, 0.4) is 0 Å². The average molecular weight is 371 g/mol. The SMILES string of the molecule is O=C1CC[C@@]2(CCCN(C(=O)c3ccc(Cl)s3)C2)CN1CCCO. The minimum Gasteiger partial charge on any atom is -0.396 e. The molecule has 2 aliphatic heterocycles. The van der Waals surface area contributed by atoms with E-state index in [1.807, 2.05) is 9.80 Å². The highest BCUT2D eigenvalue weighted by atomic mass is 35.5. The Morgan fingerprint density at radius 3 is 2.88 bits per heavy atom. The van der Waals surface area contributed by atoms with Crippen LogP contribution in [0.2, 0.25) is 4.34 Å². The summed E-state index contributed by atoms with van der Waals surface area (Å²) in [6, 6.07) is 3.55. The van der Waals surface area contributed by atoms with Crippen molar-refractivity contribution in [2.24, 2.45) is 5.41 Å². The van der Waals surface area contributed by atoms with Crippen molar-refractivity contribution < 1.29 is 14.7 Å². The Hall–Kier alpha value is -1.11. The molecule has 1 aromatic heterocycles. The van der Waals surface area contributed by atoms with Gasteiger partial charge in [0, 0.05) is 44.6 Å². The van der Waals surface area contributed by atoms with Crippen LogP contribution in [0.5, 0.6) is 0 Å². The quantitative estimate of drug-likeness (QED) is 0.886. The molecule has 1 N–H and O–H groups in total.